The van der Waals surface area contributed by atoms with E-state index in [2.05, 4.69) is 4.98 Å². The highest BCUT2D eigenvalue weighted by atomic mass is 32.1. The summed E-state index contributed by atoms with van der Waals surface area (Å²) in [5, 5.41) is 0. The average molecular weight is 253 g/mol. The molecule has 17 heavy (non-hydrogen) atoms. The molecule has 2 atom stereocenters. The van der Waals surface area contributed by atoms with Crippen LogP contribution in [0.25, 0.3) is 0 Å². The van der Waals surface area contributed by atoms with E-state index in [9.17, 15) is 4.79 Å². The molecule has 0 unspecified atom stereocenters. The van der Waals surface area contributed by atoms with Gasteiger partial charge in [-0.25, -0.2) is 4.98 Å². The SMILES string of the molecule is Cc1ncsc1CN(C)C(=O)[C@H]1CC[C@@H](N)C1. The smallest absolute Gasteiger partial charge is 0.225 e. The van der Waals surface area contributed by atoms with Gasteiger partial charge in [0, 0.05) is 23.9 Å². The fourth-order valence-electron chi connectivity index (χ4n) is 2.32. The van der Waals surface area contributed by atoms with Crippen molar-refractivity contribution < 1.29 is 4.79 Å². The first-order valence-corrected chi connectivity index (χ1v) is 6.85. The molecular formula is C12H19N3OS. The van der Waals surface area contributed by atoms with E-state index in [1.54, 1.807) is 11.3 Å². The Bertz CT molecular complexity index is 404. The van der Waals surface area contributed by atoms with Crippen LogP contribution in [0.2, 0.25) is 0 Å². The quantitative estimate of drug-likeness (QED) is 0.889. The average Bonchev–Trinajstić information content (AvgIpc) is 2.88. The molecule has 1 aromatic rings. The normalized spacial score (nSPS) is 23.9. The monoisotopic (exact) mass is 253 g/mol. The maximum absolute atomic E-state index is 12.2. The molecule has 1 amide bonds. The van der Waals surface area contributed by atoms with Crippen LogP contribution >= 0.6 is 11.3 Å². The van der Waals surface area contributed by atoms with E-state index in [0.29, 0.717) is 6.54 Å². The third-order valence-corrected chi connectivity index (χ3v) is 4.34. The molecule has 1 heterocycles. The van der Waals surface area contributed by atoms with Gasteiger partial charge >= 0.3 is 0 Å². The fourth-order valence-corrected chi connectivity index (χ4v) is 3.15. The number of thiazole rings is 1. The molecule has 1 aromatic heterocycles. The summed E-state index contributed by atoms with van der Waals surface area (Å²) in [4.78, 5) is 19.4. The third kappa shape index (κ3) is 2.84. The van der Waals surface area contributed by atoms with Gasteiger partial charge in [-0.15, -0.1) is 11.3 Å². The van der Waals surface area contributed by atoms with E-state index in [1.807, 2.05) is 24.4 Å². The zero-order chi connectivity index (χ0) is 12.4. The molecule has 4 nitrogen and oxygen atoms in total. The third-order valence-electron chi connectivity index (χ3n) is 3.42. The van der Waals surface area contributed by atoms with E-state index in [1.165, 1.54) is 4.88 Å². The number of aryl methyl sites for hydroxylation is 1. The lowest BCUT2D eigenvalue weighted by Gasteiger charge is -2.20. The number of aromatic nitrogens is 1. The zero-order valence-corrected chi connectivity index (χ0v) is 11.2. The van der Waals surface area contributed by atoms with Crippen LogP contribution in [0, 0.1) is 12.8 Å². The standard InChI is InChI=1S/C12H19N3OS/c1-8-11(17-7-14-8)6-15(2)12(16)9-3-4-10(13)5-9/h7,9-10H,3-6,13H2,1-2H3/t9-,10+/m0/s1. The Kier molecular flexibility index (Phi) is 3.79. The number of carbonyl (C=O) groups is 1. The lowest BCUT2D eigenvalue weighted by atomic mass is 10.1. The van der Waals surface area contributed by atoms with Crippen molar-refractivity contribution in [3.8, 4) is 0 Å². The fraction of sp³-hybridized carbons (Fsp3) is 0.667. The van der Waals surface area contributed by atoms with Crippen molar-refractivity contribution in [1.29, 1.82) is 0 Å². The molecule has 0 spiro atoms. The Morgan fingerprint density at radius 3 is 2.94 bits per heavy atom. The highest BCUT2D eigenvalue weighted by Gasteiger charge is 2.29. The Hall–Kier alpha value is -0.940. The van der Waals surface area contributed by atoms with Crippen LogP contribution in [0.3, 0.4) is 0 Å². The molecule has 1 fully saturated rings. The van der Waals surface area contributed by atoms with Crippen molar-refractivity contribution >= 4 is 17.2 Å². The van der Waals surface area contributed by atoms with Gasteiger partial charge in [0.15, 0.2) is 0 Å². The van der Waals surface area contributed by atoms with Crippen molar-refractivity contribution in [2.45, 2.75) is 38.8 Å². The largest absolute Gasteiger partial charge is 0.340 e. The lowest BCUT2D eigenvalue weighted by molar-refractivity contribution is -0.134. The molecule has 2 N–H and O–H groups in total. The molecule has 94 valence electrons. The summed E-state index contributed by atoms with van der Waals surface area (Å²) in [6.07, 6.45) is 2.75. The molecule has 1 saturated carbocycles. The van der Waals surface area contributed by atoms with Crippen molar-refractivity contribution in [3.63, 3.8) is 0 Å². The second-order valence-corrected chi connectivity index (χ2v) is 5.76. The van der Waals surface area contributed by atoms with Gasteiger partial charge in [-0.3, -0.25) is 4.79 Å². The number of hydrogen-bond donors (Lipinski definition) is 1. The van der Waals surface area contributed by atoms with Crippen molar-refractivity contribution in [2.24, 2.45) is 11.7 Å². The molecule has 0 aromatic carbocycles. The van der Waals surface area contributed by atoms with E-state index >= 15 is 0 Å². The Morgan fingerprint density at radius 1 is 1.65 bits per heavy atom. The highest BCUT2D eigenvalue weighted by Crippen LogP contribution is 2.26. The molecule has 0 radical (unpaired) electrons. The van der Waals surface area contributed by atoms with Crippen molar-refractivity contribution in [2.75, 3.05) is 7.05 Å². The van der Waals surface area contributed by atoms with Gasteiger partial charge in [-0.1, -0.05) is 0 Å². The van der Waals surface area contributed by atoms with Crippen LogP contribution < -0.4 is 5.73 Å². The van der Waals surface area contributed by atoms with Crippen LogP contribution in [-0.4, -0.2) is 28.9 Å². The van der Waals surface area contributed by atoms with Gasteiger partial charge in [0.2, 0.25) is 5.91 Å². The second kappa shape index (κ2) is 5.14. The number of nitrogens with zero attached hydrogens (tertiary/aromatic N) is 2. The number of hydrogen-bond acceptors (Lipinski definition) is 4. The van der Waals surface area contributed by atoms with Crippen LogP contribution in [0.4, 0.5) is 0 Å². The van der Waals surface area contributed by atoms with Gasteiger partial charge < -0.3 is 10.6 Å². The van der Waals surface area contributed by atoms with Gasteiger partial charge in [-0.05, 0) is 26.2 Å². The molecular weight excluding hydrogens is 234 g/mol. The first-order chi connectivity index (χ1) is 8.08. The predicted molar refractivity (Wildman–Crippen MR) is 68.6 cm³/mol. The molecule has 1 aliphatic rings. The van der Waals surface area contributed by atoms with Gasteiger partial charge in [0.1, 0.15) is 0 Å². The van der Waals surface area contributed by atoms with Gasteiger partial charge in [0.25, 0.3) is 0 Å². The van der Waals surface area contributed by atoms with E-state index in [-0.39, 0.29) is 17.9 Å². The van der Waals surface area contributed by atoms with Crippen LogP contribution in [0.1, 0.15) is 29.8 Å². The number of amides is 1. The zero-order valence-electron chi connectivity index (χ0n) is 10.3. The minimum absolute atomic E-state index is 0.128. The number of carbonyl (C=O) groups excluding carboxylic acids is 1. The maximum Gasteiger partial charge on any atom is 0.225 e. The van der Waals surface area contributed by atoms with Crippen LogP contribution in [0.5, 0.6) is 0 Å². The molecule has 0 saturated heterocycles. The predicted octanol–water partition coefficient (Wildman–Crippen LogP) is 1.54. The van der Waals surface area contributed by atoms with E-state index in [0.717, 1.165) is 25.0 Å². The minimum atomic E-state index is 0.128. The van der Waals surface area contributed by atoms with Gasteiger partial charge in [0.05, 0.1) is 17.7 Å². The molecule has 1 aliphatic carbocycles. The summed E-state index contributed by atoms with van der Waals surface area (Å²) >= 11 is 1.61. The lowest BCUT2D eigenvalue weighted by Crippen LogP contribution is -2.32. The van der Waals surface area contributed by atoms with Crippen molar-refractivity contribution in [1.82, 2.24) is 9.88 Å². The Morgan fingerprint density at radius 2 is 2.41 bits per heavy atom. The van der Waals surface area contributed by atoms with Gasteiger partial charge in [-0.2, -0.15) is 0 Å². The molecule has 2 rings (SSSR count). The van der Waals surface area contributed by atoms with Crippen LogP contribution in [0.15, 0.2) is 5.51 Å². The van der Waals surface area contributed by atoms with E-state index in [4.69, 9.17) is 5.73 Å². The minimum Gasteiger partial charge on any atom is -0.340 e. The molecule has 0 bridgehead atoms. The Labute approximate surface area is 106 Å². The topological polar surface area (TPSA) is 59.2 Å². The summed E-state index contributed by atoms with van der Waals surface area (Å²) in [7, 11) is 1.87. The number of rotatable bonds is 3. The summed E-state index contributed by atoms with van der Waals surface area (Å²) in [5.74, 6) is 0.356. The first-order valence-electron chi connectivity index (χ1n) is 5.97. The maximum atomic E-state index is 12.2. The first kappa shape index (κ1) is 12.5. The summed E-state index contributed by atoms with van der Waals surface area (Å²) in [6, 6.07) is 0.211. The highest BCUT2D eigenvalue weighted by molar-refractivity contribution is 7.09. The molecule has 0 aliphatic heterocycles. The van der Waals surface area contributed by atoms with E-state index < -0.39 is 0 Å². The van der Waals surface area contributed by atoms with Crippen LogP contribution in [-0.2, 0) is 11.3 Å². The van der Waals surface area contributed by atoms with Crippen molar-refractivity contribution in [3.05, 3.63) is 16.1 Å². The molecule has 5 heteroatoms. The Balaban J connectivity index is 1.94. The summed E-state index contributed by atoms with van der Waals surface area (Å²) in [5.41, 5.74) is 8.70. The summed E-state index contributed by atoms with van der Waals surface area (Å²) < 4.78 is 0. The second-order valence-electron chi connectivity index (χ2n) is 4.83. The summed E-state index contributed by atoms with van der Waals surface area (Å²) in [6.45, 7) is 2.65. The number of nitrogens with two attached hydrogens (primary N) is 1.